The molecule has 13 heavy (non-hydrogen) atoms. The van der Waals surface area contributed by atoms with Gasteiger partial charge >= 0.3 is 0 Å². The molecular formula is C10H23NO2. The Bertz CT molecular complexity index is 109. The Kier molecular flexibility index (Phi) is 8.40. The van der Waals surface area contributed by atoms with Gasteiger partial charge in [0.1, 0.15) is 12.5 Å². The molecule has 0 radical (unpaired) electrons. The van der Waals surface area contributed by atoms with Crippen LogP contribution in [0, 0.1) is 0 Å². The molecule has 0 aromatic heterocycles. The summed E-state index contributed by atoms with van der Waals surface area (Å²) in [7, 11) is 0. The van der Waals surface area contributed by atoms with Crippen LogP contribution >= 0.6 is 0 Å². The minimum atomic E-state index is -0.568. The molecule has 0 bridgehead atoms. The van der Waals surface area contributed by atoms with Crippen LogP contribution in [0.25, 0.3) is 0 Å². The first kappa shape index (κ1) is 12.9. The Morgan fingerprint density at radius 3 is 2.23 bits per heavy atom. The molecule has 3 heteroatoms. The van der Waals surface area contributed by atoms with Crippen LogP contribution in [-0.4, -0.2) is 22.7 Å². The molecule has 0 aliphatic heterocycles. The third-order valence-corrected chi connectivity index (χ3v) is 2.10. The zero-order valence-corrected chi connectivity index (χ0v) is 8.79. The molecule has 0 aromatic rings. The molecule has 0 fully saturated rings. The van der Waals surface area contributed by atoms with Gasteiger partial charge in [0.05, 0.1) is 0 Å². The minimum Gasteiger partial charge on any atom is -0.379 e. The highest BCUT2D eigenvalue weighted by atomic mass is 16.3. The zero-order chi connectivity index (χ0) is 10.1. The number of unbranched alkanes of at least 4 members (excludes halogenated alkanes) is 3. The smallest absolute Gasteiger partial charge is 0.106 e. The van der Waals surface area contributed by atoms with Crippen molar-refractivity contribution in [2.45, 2.75) is 64.8 Å². The van der Waals surface area contributed by atoms with Gasteiger partial charge in [-0.25, -0.2) is 0 Å². The normalized spacial score (nSPS) is 15.7. The quantitative estimate of drug-likeness (QED) is 0.401. The van der Waals surface area contributed by atoms with E-state index in [1.165, 1.54) is 12.8 Å². The SMILES string of the molecule is CCCCCCC(O)NC(O)CC. The summed E-state index contributed by atoms with van der Waals surface area (Å²) in [6, 6.07) is 0. The van der Waals surface area contributed by atoms with Gasteiger partial charge in [-0.2, -0.15) is 0 Å². The molecular weight excluding hydrogens is 166 g/mol. The Hall–Kier alpha value is -0.120. The second kappa shape index (κ2) is 8.48. The summed E-state index contributed by atoms with van der Waals surface area (Å²) in [4.78, 5) is 0. The maximum atomic E-state index is 9.38. The molecule has 0 spiro atoms. The molecule has 0 rings (SSSR count). The fraction of sp³-hybridized carbons (Fsp3) is 1.00. The summed E-state index contributed by atoms with van der Waals surface area (Å²) in [5, 5.41) is 21.3. The van der Waals surface area contributed by atoms with Crippen molar-refractivity contribution in [2.24, 2.45) is 0 Å². The van der Waals surface area contributed by atoms with E-state index < -0.39 is 12.5 Å². The topological polar surface area (TPSA) is 52.5 Å². The van der Waals surface area contributed by atoms with Crippen LogP contribution in [0.1, 0.15) is 52.4 Å². The van der Waals surface area contributed by atoms with Gasteiger partial charge in [0.15, 0.2) is 0 Å². The van der Waals surface area contributed by atoms with Crippen LogP contribution in [0.15, 0.2) is 0 Å². The summed E-state index contributed by atoms with van der Waals surface area (Å²) in [6.45, 7) is 4.04. The molecule has 2 unspecified atom stereocenters. The fourth-order valence-corrected chi connectivity index (χ4v) is 1.19. The van der Waals surface area contributed by atoms with E-state index in [2.05, 4.69) is 12.2 Å². The molecule has 3 nitrogen and oxygen atoms in total. The Labute approximate surface area is 81.2 Å². The van der Waals surface area contributed by atoms with Gasteiger partial charge in [0, 0.05) is 0 Å². The molecule has 0 heterocycles. The first-order valence-corrected chi connectivity index (χ1v) is 5.32. The maximum Gasteiger partial charge on any atom is 0.106 e. The number of aliphatic hydroxyl groups is 2. The van der Waals surface area contributed by atoms with E-state index in [1.807, 2.05) is 6.92 Å². The number of hydrogen-bond acceptors (Lipinski definition) is 3. The largest absolute Gasteiger partial charge is 0.379 e. The predicted octanol–water partition coefficient (Wildman–Crippen LogP) is 1.59. The molecule has 3 N–H and O–H groups in total. The highest BCUT2D eigenvalue weighted by Crippen LogP contribution is 2.04. The molecule has 80 valence electrons. The van der Waals surface area contributed by atoms with E-state index >= 15 is 0 Å². The first-order chi connectivity index (χ1) is 6.20. The second-order valence-electron chi connectivity index (χ2n) is 3.46. The van der Waals surface area contributed by atoms with E-state index in [4.69, 9.17) is 5.11 Å². The lowest BCUT2D eigenvalue weighted by Gasteiger charge is -2.16. The van der Waals surface area contributed by atoms with Gasteiger partial charge in [-0.1, -0.05) is 33.1 Å². The predicted molar refractivity (Wildman–Crippen MR) is 54.2 cm³/mol. The number of aliphatic hydroxyl groups excluding tert-OH is 2. The molecule has 0 aliphatic carbocycles. The summed E-state index contributed by atoms with van der Waals surface area (Å²) >= 11 is 0. The number of hydrogen-bond donors (Lipinski definition) is 3. The van der Waals surface area contributed by atoms with Crippen LogP contribution < -0.4 is 5.32 Å². The molecule has 0 aromatic carbocycles. The zero-order valence-electron chi connectivity index (χ0n) is 8.79. The van der Waals surface area contributed by atoms with Gasteiger partial charge in [0.2, 0.25) is 0 Å². The molecule has 0 saturated carbocycles. The minimum absolute atomic E-state index is 0.549. The summed E-state index contributed by atoms with van der Waals surface area (Å²) in [5.41, 5.74) is 0. The van der Waals surface area contributed by atoms with Crippen molar-refractivity contribution >= 4 is 0 Å². The Morgan fingerprint density at radius 2 is 1.69 bits per heavy atom. The van der Waals surface area contributed by atoms with Crippen LogP contribution in [-0.2, 0) is 0 Å². The third-order valence-electron chi connectivity index (χ3n) is 2.10. The lowest BCUT2D eigenvalue weighted by Crippen LogP contribution is -2.37. The lowest BCUT2D eigenvalue weighted by molar-refractivity contribution is 0.0348. The lowest BCUT2D eigenvalue weighted by atomic mass is 10.1. The summed E-state index contributed by atoms with van der Waals surface area (Å²) in [6.07, 6.45) is 4.87. The third kappa shape index (κ3) is 8.22. The van der Waals surface area contributed by atoms with E-state index in [9.17, 15) is 5.11 Å². The van der Waals surface area contributed by atoms with Crippen molar-refractivity contribution in [1.29, 1.82) is 0 Å². The number of nitrogens with one attached hydrogen (secondary N) is 1. The van der Waals surface area contributed by atoms with Gasteiger partial charge in [-0.15, -0.1) is 0 Å². The van der Waals surface area contributed by atoms with Gasteiger partial charge in [-0.05, 0) is 19.3 Å². The highest BCUT2D eigenvalue weighted by Gasteiger charge is 2.06. The summed E-state index contributed by atoms with van der Waals surface area (Å²) in [5.74, 6) is 0. The summed E-state index contributed by atoms with van der Waals surface area (Å²) < 4.78 is 0. The van der Waals surface area contributed by atoms with Crippen molar-refractivity contribution in [3.05, 3.63) is 0 Å². The first-order valence-electron chi connectivity index (χ1n) is 5.32. The monoisotopic (exact) mass is 189 g/mol. The van der Waals surface area contributed by atoms with Crippen LogP contribution in [0.3, 0.4) is 0 Å². The highest BCUT2D eigenvalue weighted by molar-refractivity contribution is 4.56. The van der Waals surface area contributed by atoms with E-state index in [0.29, 0.717) is 6.42 Å². The molecule has 2 atom stereocenters. The van der Waals surface area contributed by atoms with Crippen molar-refractivity contribution in [2.75, 3.05) is 0 Å². The van der Waals surface area contributed by atoms with Crippen molar-refractivity contribution in [3.8, 4) is 0 Å². The van der Waals surface area contributed by atoms with Crippen molar-refractivity contribution in [1.82, 2.24) is 5.32 Å². The average Bonchev–Trinajstić information content (AvgIpc) is 2.12. The number of rotatable bonds is 8. The van der Waals surface area contributed by atoms with Crippen LogP contribution in [0.2, 0.25) is 0 Å². The van der Waals surface area contributed by atoms with Gasteiger partial charge in [0.25, 0.3) is 0 Å². The van der Waals surface area contributed by atoms with E-state index in [1.54, 1.807) is 0 Å². The maximum absolute atomic E-state index is 9.38. The van der Waals surface area contributed by atoms with Gasteiger partial charge in [-0.3, -0.25) is 5.32 Å². The molecule has 0 aliphatic rings. The molecule has 0 saturated heterocycles. The average molecular weight is 189 g/mol. The second-order valence-corrected chi connectivity index (χ2v) is 3.46. The van der Waals surface area contributed by atoms with Gasteiger partial charge < -0.3 is 10.2 Å². The standard InChI is InChI=1S/C10H23NO2/c1-3-5-6-7-8-10(13)11-9(12)4-2/h9-13H,3-8H2,1-2H3. The fourth-order valence-electron chi connectivity index (χ4n) is 1.19. The Balaban J connectivity index is 3.24. The van der Waals surface area contributed by atoms with Crippen molar-refractivity contribution in [3.63, 3.8) is 0 Å². The van der Waals surface area contributed by atoms with Crippen LogP contribution in [0.4, 0.5) is 0 Å². The molecule has 0 amide bonds. The van der Waals surface area contributed by atoms with E-state index in [0.717, 1.165) is 19.3 Å². The van der Waals surface area contributed by atoms with E-state index in [-0.39, 0.29) is 0 Å². The Morgan fingerprint density at radius 1 is 1.00 bits per heavy atom. The van der Waals surface area contributed by atoms with Crippen LogP contribution in [0.5, 0.6) is 0 Å². The van der Waals surface area contributed by atoms with Crippen molar-refractivity contribution < 1.29 is 10.2 Å².